The Kier molecular flexibility index (Phi) is 7.01. The highest BCUT2D eigenvalue weighted by Gasteiger charge is 2.18. The average molecular weight is 390 g/mol. The lowest BCUT2D eigenvalue weighted by molar-refractivity contribution is -0.132. The molecule has 0 atom stereocenters. The molecule has 1 fully saturated rings. The van der Waals surface area contributed by atoms with E-state index in [4.69, 9.17) is 14.7 Å². The summed E-state index contributed by atoms with van der Waals surface area (Å²) in [5.74, 6) is 1.03. The lowest BCUT2D eigenvalue weighted by atomic mass is 10.1. The molecule has 6 heteroatoms. The van der Waals surface area contributed by atoms with Crippen LogP contribution in [0.3, 0.4) is 0 Å². The number of hydrogen-bond donors (Lipinski definition) is 0. The van der Waals surface area contributed by atoms with Gasteiger partial charge < -0.3 is 14.4 Å². The lowest BCUT2D eigenvalue weighted by Crippen LogP contribution is -2.32. The van der Waals surface area contributed by atoms with Crippen molar-refractivity contribution in [3.63, 3.8) is 0 Å². The highest BCUT2D eigenvalue weighted by molar-refractivity contribution is 6.06. The predicted molar refractivity (Wildman–Crippen MR) is 109 cm³/mol. The number of carbonyl (C=O) groups excluding carboxylic acids is 2. The first-order valence-corrected chi connectivity index (χ1v) is 9.48. The van der Waals surface area contributed by atoms with Crippen molar-refractivity contribution in [1.29, 1.82) is 5.26 Å². The van der Waals surface area contributed by atoms with Crippen molar-refractivity contribution in [1.82, 2.24) is 4.90 Å². The Hall–Kier alpha value is -3.59. The van der Waals surface area contributed by atoms with Crippen LogP contribution in [0.2, 0.25) is 0 Å². The standard InChI is InChI=1S/C23H22N2O4/c24-13-16-28-20-8-3-18(4-9-20)5-12-22(26)19-6-10-21(11-7-19)29-17-23(27)25-14-1-2-15-25/h3-12H,1-2,14-17H2/b12-5+. The van der Waals surface area contributed by atoms with Crippen LogP contribution < -0.4 is 9.47 Å². The van der Waals surface area contributed by atoms with Gasteiger partial charge in [-0.15, -0.1) is 0 Å². The minimum Gasteiger partial charge on any atom is -0.484 e. The Labute approximate surface area is 170 Å². The molecule has 1 saturated heterocycles. The first kappa shape index (κ1) is 20.2. The van der Waals surface area contributed by atoms with Crippen molar-refractivity contribution in [2.75, 3.05) is 26.3 Å². The number of ether oxygens (including phenoxy) is 2. The summed E-state index contributed by atoms with van der Waals surface area (Å²) in [6.07, 6.45) is 5.32. The van der Waals surface area contributed by atoms with E-state index in [-0.39, 0.29) is 24.9 Å². The molecule has 2 aromatic carbocycles. The van der Waals surface area contributed by atoms with Crippen molar-refractivity contribution in [2.45, 2.75) is 12.8 Å². The fourth-order valence-electron chi connectivity index (χ4n) is 2.98. The molecule has 0 saturated carbocycles. The first-order valence-electron chi connectivity index (χ1n) is 9.48. The minimum absolute atomic E-state index is 0.000200. The van der Waals surface area contributed by atoms with Gasteiger partial charge in [-0.05, 0) is 60.9 Å². The van der Waals surface area contributed by atoms with Crippen LogP contribution in [0.15, 0.2) is 54.6 Å². The van der Waals surface area contributed by atoms with Crippen molar-refractivity contribution >= 4 is 17.8 Å². The van der Waals surface area contributed by atoms with E-state index in [0.29, 0.717) is 17.1 Å². The number of nitrogens with zero attached hydrogens (tertiary/aromatic N) is 2. The van der Waals surface area contributed by atoms with Crippen LogP contribution in [-0.2, 0) is 4.79 Å². The van der Waals surface area contributed by atoms with Crippen LogP contribution in [-0.4, -0.2) is 42.9 Å². The molecule has 0 unspecified atom stereocenters. The van der Waals surface area contributed by atoms with Gasteiger partial charge in [0, 0.05) is 18.7 Å². The molecule has 6 nitrogen and oxygen atoms in total. The van der Waals surface area contributed by atoms with Crippen LogP contribution >= 0.6 is 0 Å². The Morgan fingerprint density at radius 1 is 0.966 bits per heavy atom. The summed E-state index contributed by atoms with van der Waals surface area (Å²) in [5.41, 5.74) is 1.39. The molecule has 3 rings (SSSR count). The molecule has 1 aliphatic heterocycles. The number of carbonyl (C=O) groups is 2. The van der Waals surface area contributed by atoms with Crippen LogP contribution in [0.25, 0.3) is 6.08 Å². The molecule has 1 aliphatic rings. The molecule has 1 heterocycles. The predicted octanol–water partition coefficient (Wildman–Crippen LogP) is 3.49. The third kappa shape index (κ3) is 5.94. The van der Waals surface area contributed by atoms with Gasteiger partial charge in [-0.25, -0.2) is 0 Å². The van der Waals surface area contributed by atoms with E-state index in [0.717, 1.165) is 31.5 Å². The number of rotatable bonds is 8. The Morgan fingerprint density at radius 2 is 1.59 bits per heavy atom. The summed E-state index contributed by atoms with van der Waals surface area (Å²) in [4.78, 5) is 26.1. The Bertz CT molecular complexity index is 905. The minimum atomic E-state index is -0.130. The van der Waals surface area contributed by atoms with Gasteiger partial charge in [0.25, 0.3) is 5.91 Å². The molecular formula is C23H22N2O4. The van der Waals surface area contributed by atoms with Gasteiger partial charge in [-0.1, -0.05) is 18.2 Å². The zero-order valence-corrected chi connectivity index (χ0v) is 16.0. The van der Waals surface area contributed by atoms with E-state index in [9.17, 15) is 9.59 Å². The molecule has 0 radical (unpaired) electrons. The zero-order valence-electron chi connectivity index (χ0n) is 16.0. The average Bonchev–Trinajstić information content (AvgIpc) is 3.30. The van der Waals surface area contributed by atoms with Crippen LogP contribution in [0.4, 0.5) is 0 Å². The second kappa shape index (κ2) is 10.1. The van der Waals surface area contributed by atoms with E-state index in [1.54, 1.807) is 42.5 Å². The normalized spacial score (nSPS) is 13.3. The van der Waals surface area contributed by atoms with E-state index < -0.39 is 0 Å². The molecule has 0 aliphatic carbocycles. The molecule has 0 aromatic heterocycles. The van der Waals surface area contributed by atoms with Gasteiger partial charge in [0.1, 0.15) is 17.6 Å². The highest BCUT2D eigenvalue weighted by atomic mass is 16.5. The smallest absolute Gasteiger partial charge is 0.260 e. The number of likely N-dealkylation sites (tertiary alicyclic amines) is 1. The van der Waals surface area contributed by atoms with E-state index in [1.807, 2.05) is 23.1 Å². The molecule has 0 spiro atoms. The van der Waals surface area contributed by atoms with Gasteiger partial charge in [0.05, 0.1) is 0 Å². The number of allylic oxidation sites excluding steroid dienone is 1. The molecule has 1 amide bonds. The summed E-state index contributed by atoms with van der Waals surface area (Å²) in [5, 5.41) is 8.50. The molecule has 0 bridgehead atoms. The number of ketones is 1. The summed E-state index contributed by atoms with van der Waals surface area (Å²) in [6.45, 7) is 1.62. The van der Waals surface area contributed by atoms with E-state index >= 15 is 0 Å². The van der Waals surface area contributed by atoms with E-state index in [1.165, 1.54) is 6.08 Å². The number of benzene rings is 2. The first-order chi connectivity index (χ1) is 14.2. The molecule has 29 heavy (non-hydrogen) atoms. The number of amides is 1. The molecule has 2 aromatic rings. The van der Waals surface area contributed by atoms with Crippen molar-refractivity contribution in [3.8, 4) is 17.6 Å². The highest BCUT2D eigenvalue weighted by Crippen LogP contribution is 2.16. The third-order valence-corrected chi connectivity index (χ3v) is 4.57. The molecule has 0 N–H and O–H groups in total. The maximum atomic E-state index is 12.3. The fraction of sp³-hybridized carbons (Fsp3) is 0.261. The zero-order chi connectivity index (χ0) is 20.5. The third-order valence-electron chi connectivity index (χ3n) is 4.57. The van der Waals surface area contributed by atoms with Crippen LogP contribution in [0.5, 0.6) is 11.5 Å². The Balaban J connectivity index is 1.51. The maximum Gasteiger partial charge on any atom is 0.260 e. The maximum absolute atomic E-state index is 12.3. The van der Waals surface area contributed by atoms with Crippen molar-refractivity contribution in [2.24, 2.45) is 0 Å². The van der Waals surface area contributed by atoms with Gasteiger partial charge in [-0.2, -0.15) is 5.26 Å². The SMILES string of the molecule is N#CCOc1ccc(/C=C/C(=O)c2ccc(OCC(=O)N3CCCC3)cc2)cc1. The molecular weight excluding hydrogens is 368 g/mol. The second-order valence-corrected chi connectivity index (χ2v) is 6.61. The number of nitriles is 1. The van der Waals surface area contributed by atoms with Crippen molar-refractivity contribution in [3.05, 3.63) is 65.7 Å². The van der Waals surface area contributed by atoms with E-state index in [2.05, 4.69) is 0 Å². The van der Waals surface area contributed by atoms with Crippen molar-refractivity contribution < 1.29 is 19.1 Å². The second-order valence-electron chi connectivity index (χ2n) is 6.61. The largest absolute Gasteiger partial charge is 0.484 e. The summed E-state index contributed by atoms with van der Waals surface area (Å²) >= 11 is 0. The summed E-state index contributed by atoms with van der Waals surface area (Å²) in [7, 11) is 0. The summed E-state index contributed by atoms with van der Waals surface area (Å²) in [6, 6.07) is 15.8. The lowest BCUT2D eigenvalue weighted by Gasteiger charge is -2.15. The monoisotopic (exact) mass is 390 g/mol. The van der Waals surface area contributed by atoms with Gasteiger partial charge in [0.2, 0.25) is 0 Å². The topological polar surface area (TPSA) is 79.6 Å². The van der Waals surface area contributed by atoms with Gasteiger partial charge in [0.15, 0.2) is 19.0 Å². The summed E-state index contributed by atoms with van der Waals surface area (Å²) < 4.78 is 10.7. The van der Waals surface area contributed by atoms with Gasteiger partial charge >= 0.3 is 0 Å². The van der Waals surface area contributed by atoms with Crippen LogP contribution in [0.1, 0.15) is 28.8 Å². The molecule has 148 valence electrons. The van der Waals surface area contributed by atoms with Gasteiger partial charge in [-0.3, -0.25) is 9.59 Å². The quantitative estimate of drug-likeness (QED) is 0.509. The number of hydrogen-bond acceptors (Lipinski definition) is 5. The fourth-order valence-corrected chi connectivity index (χ4v) is 2.98. The Morgan fingerprint density at radius 3 is 2.24 bits per heavy atom. The van der Waals surface area contributed by atoms with Crippen LogP contribution in [0, 0.1) is 11.3 Å².